The Bertz CT molecular complexity index is 554. The van der Waals surface area contributed by atoms with Crippen molar-refractivity contribution in [2.45, 2.75) is 19.1 Å². The van der Waals surface area contributed by atoms with Crippen LogP contribution in [0.2, 0.25) is 0 Å². The molecule has 96 valence electrons. The molecule has 1 heterocycles. The minimum Gasteiger partial charge on any atom is -0.464 e. The smallest absolute Gasteiger partial charge is 0.338 e. The predicted molar refractivity (Wildman–Crippen MR) is 61.5 cm³/mol. The fourth-order valence-electron chi connectivity index (χ4n) is 1.58. The van der Waals surface area contributed by atoms with Gasteiger partial charge in [0.05, 0.1) is 6.61 Å². The average molecular weight is 251 g/mol. The van der Waals surface area contributed by atoms with Crippen LogP contribution in [0.25, 0.3) is 11.0 Å². The number of aliphatic hydroxyl groups excluding tert-OH is 2. The monoisotopic (exact) mass is 251 g/mol. The van der Waals surface area contributed by atoms with Gasteiger partial charge >= 0.3 is 5.97 Å². The van der Waals surface area contributed by atoms with E-state index in [2.05, 4.69) is 20.1 Å². The highest BCUT2D eigenvalue weighted by Crippen LogP contribution is 2.21. The van der Waals surface area contributed by atoms with Gasteiger partial charge in [-0.2, -0.15) is 15.4 Å². The lowest BCUT2D eigenvalue weighted by molar-refractivity contribution is -0.159. The van der Waals surface area contributed by atoms with E-state index in [0.717, 1.165) is 0 Å². The van der Waals surface area contributed by atoms with Crippen LogP contribution in [0.3, 0.4) is 0 Å². The number of carbonyl (C=O) groups excluding carboxylic acids is 1. The number of rotatable bonds is 4. The molecule has 0 aliphatic heterocycles. The van der Waals surface area contributed by atoms with Gasteiger partial charge < -0.3 is 14.9 Å². The van der Waals surface area contributed by atoms with Crippen LogP contribution in [0.1, 0.15) is 18.6 Å². The maximum atomic E-state index is 11.3. The number of esters is 1. The van der Waals surface area contributed by atoms with Gasteiger partial charge in [0.1, 0.15) is 17.1 Å². The van der Waals surface area contributed by atoms with E-state index in [1.54, 1.807) is 25.1 Å². The molecule has 1 aromatic heterocycles. The molecule has 0 amide bonds. The van der Waals surface area contributed by atoms with Gasteiger partial charge in [0, 0.05) is 0 Å². The van der Waals surface area contributed by atoms with Gasteiger partial charge in [0.25, 0.3) is 0 Å². The quantitative estimate of drug-likeness (QED) is 0.656. The Morgan fingerprint density at radius 3 is 2.83 bits per heavy atom. The van der Waals surface area contributed by atoms with Crippen LogP contribution in [0.5, 0.6) is 0 Å². The summed E-state index contributed by atoms with van der Waals surface area (Å²) in [6, 6.07) is 4.75. The number of aromatic nitrogens is 3. The first-order valence-corrected chi connectivity index (χ1v) is 5.46. The molecule has 0 radical (unpaired) electrons. The molecule has 2 atom stereocenters. The topological polar surface area (TPSA) is 108 Å². The molecule has 0 fully saturated rings. The number of ether oxygens (including phenoxy) is 1. The van der Waals surface area contributed by atoms with E-state index in [-0.39, 0.29) is 6.61 Å². The van der Waals surface area contributed by atoms with Crippen molar-refractivity contribution in [2.75, 3.05) is 6.61 Å². The van der Waals surface area contributed by atoms with Crippen LogP contribution in [-0.2, 0) is 9.53 Å². The number of fused-ring (bicyclic) bond motifs is 1. The van der Waals surface area contributed by atoms with Crippen LogP contribution in [0, 0.1) is 0 Å². The van der Waals surface area contributed by atoms with Crippen molar-refractivity contribution in [1.29, 1.82) is 0 Å². The zero-order valence-electron chi connectivity index (χ0n) is 9.70. The van der Waals surface area contributed by atoms with E-state index in [0.29, 0.717) is 16.6 Å². The maximum absolute atomic E-state index is 11.3. The predicted octanol–water partition coefficient (Wildman–Crippen LogP) is -0.0847. The van der Waals surface area contributed by atoms with Gasteiger partial charge in [-0.05, 0) is 24.6 Å². The first-order chi connectivity index (χ1) is 8.63. The highest BCUT2D eigenvalue weighted by Gasteiger charge is 2.27. The summed E-state index contributed by atoms with van der Waals surface area (Å²) in [7, 11) is 0. The van der Waals surface area contributed by atoms with Gasteiger partial charge in [-0.3, -0.25) is 0 Å². The van der Waals surface area contributed by atoms with Crippen molar-refractivity contribution in [3.8, 4) is 0 Å². The molecule has 2 unspecified atom stereocenters. The molecule has 0 bridgehead atoms. The van der Waals surface area contributed by atoms with E-state index in [4.69, 9.17) is 0 Å². The number of aromatic amines is 1. The molecule has 3 N–H and O–H groups in total. The highest BCUT2D eigenvalue weighted by atomic mass is 16.5. The van der Waals surface area contributed by atoms with Crippen molar-refractivity contribution < 1.29 is 19.7 Å². The van der Waals surface area contributed by atoms with Crippen molar-refractivity contribution in [3.05, 3.63) is 23.8 Å². The Morgan fingerprint density at radius 2 is 2.11 bits per heavy atom. The molecule has 2 rings (SSSR count). The normalized spacial score (nSPS) is 14.4. The van der Waals surface area contributed by atoms with Crippen molar-refractivity contribution >= 4 is 17.0 Å². The molecule has 0 aliphatic carbocycles. The number of benzene rings is 1. The van der Waals surface area contributed by atoms with Crippen molar-refractivity contribution in [1.82, 2.24) is 15.4 Å². The third-order valence-corrected chi connectivity index (χ3v) is 2.51. The third kappa shape index (κ3) is 2.31. The molecule has 0 aliphatic rings. The molecule has 1 aromatic carbocycles. The van der Waals surface area contributed by atoms with Gasteiger partial charge in [-0.1, -0.05) is 6.07 Å². The van der Waals surface area contributed by atoms with Gasteiger partial charge in [0.15, 0.2) is 6.10 Å². The van der Waals surface area contributed by atoms with E-state index in [9.17, 15) is 15.0 Å². The zero-order valence-corrected chi connectivity index (χ0v) is 9.70. The zero-order chi connectivity index (χ0) is 13.1. The summed E-state index contributed by atoms with van der Waals surface area (Å²) >= 11 is 0. The fourth-order valence-corrected chi connectivity index (χ4v) is 1.58. The summed E-state index contributed by atoms with van der Waals surface area (Å²) < 4.78 is 4.64. The number of aliphatic hydroxyl groups is 2. The number of hydrogen-bond donors (Lipinski definition) is 3. The molecule has 0 spiro atoms. The second-order valence-corrected chi connectivity index (χ2v) is 3.71. The minimum absolute atomic E-state index is 0.144. The molecular formula is C11H13N3O4. The lowest BCUT2D eigenvalue weighted by Gasteiger charge is -2.16. The van der Waals surface area contributed by atoms with Gasteiger partial charge in [-0.15, -0.1) is 0 Å². The number of H-pyrrole nitrogens is 1. The standard InChI is InChI=1S/C11H13N3O4/c1-2-18-11(17)10(16)9(15)6-3-4-7-8(5-6)13-14-12-7/h3-5,9-10,15-16H,2H2,1H3,(H,12,13,14). The summed E-state index contributed by atoms with van der Waals surface area (Å²) in [5.74, 6) is -0.856. The maximum Gasteiger partial charge on any atom is 0.338 e. The van der Waals surface area contributed by atoms with Crippen LogP contribution < -0.4 is 0 Å². The van der Waals surface area contributed by atoms with Crippen LogP contribution >= 0.6 is 0 Å². The Morgan fingerprint density at radius 1 is 1.39 bits per heavy atom. The third-order valence-electron chi connectivity index (χ3n) is 2.51. The SMILES string of the molecule is CCOC(=O)C(O)C(O)c1ccc2n[nH]nc2c1. The van der Waals surface area contributed by atoms with Gasteiger partial charge in [-0.25, -0.2) is 4.79 Å². The number of hydrogen-bond acceptors (Lipinski definition) is 6. The molecule has 0 saturated heterocycles. The number of carbonyl (C=O) groups is 1. The van der Waals surface area contributed by atoms with Crippen molar-refractivity contribution in [2.24, 2.45) is 0 Å². The molecule has 7 heteroatoms. The van der Waals surface area contributed by atoms with Gasteiger partial charge in [0.2, 0.25) is 0 Å². The second-order valence-electron chi connectivity index (χ2n) is 3.71. The number of nitrogens with zero attached hydrogens (tertiary/aromatic N) is 2. The molecular weight excluding hydrogens is 238 g/mol. The Hall–Kier alpha value is -1.99. The summed E-state index contributed by atoms with van der Waals surface area (Å²) in [5, 5.41) is 29.7. The second kappa shape index (κ2) is 5.11. The summed E-state index contributed by atoms with van der Waals surface area (Å²) in [6.07, 6.45) is -2.97. The summed E-state index contributed by atoms with van der Waals surface area (Å²) in [5.41, 5.74) is 1.55. The van der Waals surface area contributed by atoms with E-state index >= 15 is 0 Å². The van der Waals surface area contributed by atoms with E-state index in [1.165, 1.54) is 0 Å². The average Bonchev–Trinajstić information content (AvgIpc) is 2.84. The number of nitrogens with one attached hydrogen (secondary N) is 1. The molecule has 18 heavy (non-hydrogen) atoms. The van der Waals surface area contributed by atoms with E-state index < -0.39 is 18.2 Å². The molecule has 7 nitrogen and oxygen atoms in total. The van der Waals surface area contributed by atoms with Crippen LogP contribution in [0.15, 0.2) is 18.2 Å². The minimum atomic E-state index is -1.62. The molecule has 0 saturated carbocycles. The van der Waals surface area contributed by atoms with Crippen LogP contribution in [-0.4, -0.2) is 44.3 Å². The Labute approximate surface area is 102 Å². The summed E-state index contributed by atoms with van der Waals surface area (Å²) in [4.78, 5) is 11.3. The van der Waals surface area contributed by atoms with Crippen LogP contribution in [0.4, 0.5) is 0 Å². The van der Waals surface area contributed by atoms with Crippen molar-refractivity contribution in [3.63, 3.8) is 0 Å². The summed E-state index contributed by atoms with van der Waals surface area (Å²) in [6.45, 7) is 1.77. The lowest BCUT2D eigenvalue weighted by atomic mass is 10.0. The van der Waals surface area contributed by atoms with E-state index in [1.807, 2.05) is 0 Å². The lowest BCUT2D eigenvalue weighted by Crippen LogP contribution is -2.29. The Kier molecular flexibility index (Phi) is 3.54. The first kappa shape index (κ1) is 12.5. The largest absolute Gasteiger partial charge is 0.464 e. The highest BCUT2D eigenvalue weighted by molar-refractivity contribution is 5.77. The fraction of sp³-hybridized carbons (Fsp3) is 0.364. The molecule has 2 aromatic rings. The first-order valence-electron chi connectivity index (χ1n) is 5.46. The Balaban J connectivity index is 2.21.